The molecule has 2 rings (SSSR count). The van der Waals surface area contributed by atoms with E-state index in [0.29, 0.717) is 6.04 Å². The maximum Gasteiger partial charge on any atom is 0.150 e. The Kier molecular flexibility index (Phi) is 5.43. The van der Waals surface area contributed by atoms with Gasteiger partial charge < -0.3 is 4.74 Å². The summed E-state index contributed by atoms with van der Waals surface area (Å²) in [5.74, 6) is 0.936. The van der Waals surface area contributed by atoms with Crippen molar-refractivity contribution < 1.29 is 9.53 Å². The molecule has 1 saturated heterocycles. The molecule has 4 heteroatoms. The molecule has 0 spiro atoms. The lowest BCUT2D eigenvalue weighted by atomic mass is 10.2. The van der Waals surface area contributed by atoms with Gasteiger partial charge in [0.25, 0.3) is 0 Å². The van der Waals surface area contributed by atoms with Gasteiger partial charge in [0.1, 0.15) is 6.29 Å². The molecule has 104 valence electrons. The zero-order chi connectivity index (χ0) is 13.7. The van der Waals surface area contributed by atoms with Crippen LogP contribution in [0.5, 0.6) is 0 Å². The first-order valence-corrected chi connectivity index (χ1v) is 7.71. The number of thioether (sulfide) groups is 1. The Labute approximate surface area is 119 Å². The first-order valence-electron chi connectivity index (χ1n) is 6.72. The van der Waals surface area contributed by atoms with Crippen LogP contribution in [0, 0.1) is 0 Å². The molecule has 0 amide bonds. The molecule has 1 aromatic carbocycles. The SMILES string of the molecule is CC(C)N1CCOC(CSc2cccc(C=O)c2)C1. The summed E-state index contributed by atoms with van der Waals surface area (Å²) in [5.41, 5.74) is 0.735. The summed E-state index contributed by atoms with van der Waals surface area (Å²) in [4.78, 5) is 14.3. The number of carbonyl (C=O) groups is 1. The highest BCUT2D eigenvalue weighted by molar-refractivity contribution is 7.99. The summed E-state index contributed by atoms with van der Waals surface area (Å²) in [5, 5.41) is 0. The zero-order valence-corrected chi connectivity index (χ0v) is 12.4. The van der Waals surface area contributed by atoms with E-state index in [1.165, 1.54) is 0 Å². The van der Waals surface area contributed by atoms with Gasteiger partial charge in [-0.3, -0.25) is 9.69 Å². The molecular weight excluding hydrogens is 258 g/mol. The molecule has 1 heterocycles. The van der Waals surface area contributed by atoms with Gasteiger partial charge in [0, 0.05) is 35.3 Å². The van der Waals surface area contributed by atoms with Gasteiger partial charge in [-0.25, -0.2) is 0 Å². The fraction of sp³-hybridized carbons (Fsp3) is 0.533. The second kappa shape index (κ2) is 7.08. The molecule has 0 radical (unpaired) electrons. The second-order valence-corrected chi connectivity index (χ2v) is 6.18. The molecule has 1 aliphatic heterocycles. The minimum atomic E-state index is 0.279. The van der Waals surface area contributed by atoms with Gasteiger partial charge >= 0.3 is 0 Å². The minimum Gasteiger partial charge on any atom is -0.375 e. The van der Waals surface area contributed by atoms with Crippen molar-refractivity contribution in [2.75, 3.05) is 25.4 Å². The van der Waals surface area contributed by atoms with Crippen molar-refractivity contribution in [3.63, 3.8) is 0 Å². The highest BCUT2D eigenvalue weighted by atomic mass is 32.2. The van der Waals surface area contributed by atoms with Crippen molar-refractivity contribution in [3.8, 4) is 0 Å². The van der Waals surface area contributed by atoms with Crippen molar-refractivity contribution in [3.05, 3.63) is 29.8 Å². The zero-order valence-electron chi connectivity index (χ0n) is 11.5. The molecular formula is C15H21NO2S. The number of carbonyl (C=O) groups excluding carboxylic acids is 1. The lowest BCUT2D eigenvalue weighted by Gasteiger charge is -2.35. The molecule has 19 heavy (non-hydrogen) atoms. The minimum absolute atomic E-state index is 0.279. The Morgan fingerprint density at radius 3 is 3.11 bits per heavy atom. The average molecular weight is 279 g/mol. The van der Waals surface area contributed by atoms with E-state index in [-0.39, 0.29) is 6.10 Å². The number of hydrogen-bond acceptors (Lipinski definition) is 4. The van der Waals surface area contributed by atoms with Crippen molar-refractivity contribution in [1.82, 2.24) is 4.90 Å². The number of morpholine rings is 1. The van der Waals surface area contributed by atoms with Crippen LogP contribution in [0.1, 0.15) is 24.2 Å². The largest absolute Gasteiger partial charge is 0.375 e. The van der Waals surface area contributed by atoms with E-state index < -0.39 is 0 Å². The van der Waals surface area contributed by atoms with E-state index in [2.05, 4.69) is 18.7 Å². The molecule has 0 bridgehead atoms. The van der Waals surface area contributed by atoms with E-state index >= 15 is 0 Å². The lowest BCUT2D eigenvalue weighted by Crippen LogP contribution is -2.46. The fourth-order valence-electron chi connectivity index (χ4n) is 2.18. The number of rotatable bonds is 5. The Morgan fingerprint density at radius 2 is 2.37 bits per heavy atom. The van der Waals surface area contributed by atoms with Gasteiger partial charge in [0.2, 0.25) is 0 Å². The van der Waals surface area contributed by atoms with Gasteiger partial charge in [-0.15, -0.1) is 11.8 Å². The maximum absolute atomic E-state index is 10.7. The molecule has 1 unspecified atom stereocenters. The molecule has 1 aromatic rings. The summed E-state index contributed by atoms with van der Waals surface area (Å²) in [6.07, 6.45) is 1.17. The van der Waals surface area contributed by atoms with E-state index in [1.54, 1.807) is 11.8 Å². The van der Waals surface area contributed by atoms with Crippen LogP contribution in [0.3, 0.4) is 0 Å². The first kappa shape index (κ1) is 14.6. The third-order valence-electron chi connectivity index (χ3n) is 3.33. The smallest absolute Gasteiger partial charge is 0.150 e. The summed E-state index contributed by atoms with van der Waals surface area (Å²) in [6, 6.07) is 8.30. The van der Waals surface area contributed by atoms with E-state index in [1.807, 2.05) is 24.3 Å². The molecule has 0 N–H and O–H groups in total. The number of aldehydes is 1. The van der Waals surface area contributed by atoms with Gasteiger partial charge in [-0.2, -0.15) is 0 Å². The third kappa shape index (κ3) is 4.34. The average Bonchev–Trinajstić information content (AvgIpc) is 2.45. The van der Waals surface area contributed by atoms with Crippen LogP contribution < -0.4 is 0 Å². The molecule has 1 fully saturated rings. The van der Waals surface area contributed by atoms with Crippen molar-refractivity contribution in [1.29, 1.82) is 0 Å². The highest BCUT2D eigenvalue weighted by Gasteiger charge is 2.22. The van der Waals surface area contributed by atoms with Gasteiger partial charge in [-0.1, -0.05) is 12.1 Å². The first-order chi connectivity index (χ1) is 9.19. The molecule has 3 nitrogen and oxygen atoms in total. The van der Waals surface area contributed by atoms with Gasteiger partial charge in [0.05, 0.1) is 12.7 Å². The molecule has 0 saturated carbocycles. The van der Waals surface area contributed by atoms with Crippen LogP contribution in [0.15, 0.2) is 29.2 Å². The molecule has 0 aliphatic carbocycles. The summed E-state index contributed by atoms with van der Waals surface area (Å²) in [6.45, 7) is 7.29. The van der Waals surface area contributed by atoms with Crippen molar-refractivity contribution >= 4 is 18.0 Å². The Bertz CT molecular complexity index is 422. The number of hydrogen-bond donors (Lipinski definition) is 0. The normalized spacial score (nSPS) is 20.7. The Morgan fingerprint density at radius 1 is 1.53 bits per heavy atom. The lowest BCUT2D eigenvalue weighted by molar-refractivity contribution is -0.0265. The van der Waals surface area contributed by atoms with E-state index in [0.717, 1.165) is 42.2 Å². The monoisotopic (exact) mass is 279 g/mol. The topological polar surface area (TPSA) is 29.5 Å². The van der Waals surface area contributed by atoms with Gasteiger partial charge in [-0.05, 0) is 26.0 Å². The van der Waals surface area contributed by atoms with Crippen molar-refractivity contribution in [2.24, 2.45) is 0 Å². The van der Waals surface area contributed by atoms with Crippen LogP contribution in [-0.2, 0) is 4.74 Å². The molecule has 0 aromatic heterocycles. The second-order valence-electron chi connectivity index (χ2n) is 5.08. The maximum atomic E-state index is 10.7. The fourth-order valence-corrected chi connectivity index (χ4v) is 3.15. The van der Waals surface area contributed by atoms with Crippen LogP contribution in [0.4, 0.5) is 0 Å². The summed E-state index contributed by atoms with van der Waals surface area (Å²) in [7, 11) is 0. The van der Waals surface area contributed by atoms with Crippen LogP contribution in [0.25, 0.3) is 0 Å². The number of ether oxygens (including phenoxy) is 1. The summed E-state index contributed by atoms with van der Waals surface area (Å²) < 4.78 is 5.80. The third-order valence-corrected chi connectivity index (χ3v) is 4.46. The quantitative estimate of drug-likeness (QED) is 0.612. The van der Waals surface area contributed by atoms with E-state index in [4.69, 9.17) is 4.74 Å². The van der Waals surface area contributed by atoms with Crippen LogP contribution in [0.2, 0.25) is 0 Å². The highest BCUT2D eigenvalue weighted by Crippen LogP contribution is 2.22. The molecule has 1 aliphatic rings. The standard InChI is InChI=1S/C15H21NO2S/c1-12(2)16-6-7-18-14(9-16)11-19-15-5-3-4-13(8-15)10-17/h3-5,8,10,12,14H,6-7,9,11H2,1-2H3. The molecule has 1 atom stereocenters. The van der Waals surface area contributed by atoms with Gasteiger partial charge in [0.15, 0.2) is 0 Å². The predicted molar refractivity (Wildman–Crippen MR) is 79.0 cm³/mol. The summed E-state index contributed by atoms with van der Waals surface area (Å²) >= 11 is 1.76. The Balaban J connectivity index is 1.85. The van der Waals surface area contributed by atoms with Crippen LogP contribution >= 0.6 is 11.8 Å². The van der Waals surface area contributed by atoms with E-state index in [9.17, 15) is 4.79 Å². The van der Waals surface area contributed by atoms with Crippen molar-refractivity contribution in [2.45, 2.75) is 30.9 Å². The Hall–Kier alpha value is -0.840. The predicted octanol–water partition coefficient (Wildman–Crippen LogP) is 2.70. The number of benzene rings is 1. The number of nitrogens with zero attached hydrogens (tertiary/aromatic N) is 1. The van der Waals surface area contributed by atoms with Crippen LogP contribution in [-0.4, -0.2) is 48.8 Å².